The summed E-state index contributed by atoms with van der Waals surface area (Å²) in [6, 6.07) is 9.51. The molecular weight excluding hydrogens is 586 g/mol. The van der Waals surface area contributed by atoms with Crippen LogP contribution in [0.3, 0.4) is 0 Å². The van der Waals surface area contributed by atoms with Crippen molar-refractivity contribution in [2.75, 3.05) is 38.1 Å². The number of carbonyl (C=O) groups is 1. The SMILES string of the molecule is CCO/C(=C/Nc1cnccc1C(F)(F)F)C(=N)C(=O)N(C)c1ccc(Oc2ccnc3cc(OC)c(OC)cc23)cc1F. The number of nitrogens with zero attached hydrogens (tertiary/aromatic N) is 3. The minimum absolute atomic E-state index is 0.00516. The van der Waals surface area contributed by atoms with Crippen LogP contribution in [0.4, 0.5) is 28.9 Å². The Bertz CT molecular complexity index is 1730. The largest absolute Gasteiger partial charge is 0.493 e. The zero-order valence-corrected chi connectivity index (χ0v) is 24.0. The number of fused-ring (bicyclic) bond motifs is 1. The van der Waals surface area contributed by atoms with Crippen molar-refractivity contribution in [1.29, 1.82) is 5.41 Å². The van der Waals surface area contributed by atoms with Crippen LogP contribution in [-0.4, -0.2) is 49.5 Å². The van der Waals surface area contributed by atoms with Gasteiger partial charge in [0.1, 0.15) is 11.5 Å². The summed E-state index contributed by atoms with van der Waals surface area (Å²) in [5, 5.41) is 11.3. The van der Waals surface area contributed by atoms with Crippen LogP contribution in [0.1, 0.15) is 12.5 Å². The summed E-state index contributed by atoms with van der Waals surface area (Å²) < 4.78 is 77.2. The molecule has 0 aliphatic carbocycles. The number of benzene rings is 2. The Morgan fingerprint density at radius 1 is 1.05 bits per heavy atom. The highest BCUT2D eigenvalue weighted by atomic mass is 19.4. The quantitative estimate of drug-likeness (QED) is 0.111. The van der Waals surface area contributed by atoms with Gasteiger partial charge in [0.05, 0.1) is 49.5 Å². The maximum Gasteiger partial charge on any atom is 0.418 e. The Labute approximate surface area is 249 Å². The van der Waals surface area contributed by atoms with Crippen LogP contribution in [0.5, 0.6) is 23.0 Å². The molecule has 2 N–H and O–H groups in total. The summed E-state index contributed by atoms with van der Waals surface area (Å²) in [4.78, 5) is 22.0. The van der Waals surface area contributed by atoms with Gasteiger partial charge in [-0.1, -0.05) is 0 Å². The lowest BCUT2D eigenvalue weighted by molar-refractivity contribution is -0.137. The number of nitrogens with one attached hydrogen (secondary N) is 2. The molecule has 44 heavy (non-hydrogen) atoms. The highest BCUT2D eigenvalue weighted by molar-refractivity contribution is 6.47. The number of aromatic nitrogens is 2. The molecule has 0 saturated heterocycles. The highest BCUT2D eigenvalue weighted by Crippen LogP contribution is 2.38. The summed E-state index contributed by atoms with van der Waals surface area (Å²) in [6.07, 6.45) is -0.279. The predicted molar refractivity (Wildman–Crippen MR) is 155 cm³/mol. The zero-order valence-electron chi connectivity index (χ0n) is 24.0. The molecule has 1 amide bonds. The van der Waals surface area contributed by atoms with Gasteiger partial charge in [-0.05, 0) is 37.3 Å². The van der Waals surface area contributed by atoms with Crippen LogP contribution < -0.4 is 24.4 Å². The van der Waals surface area contributed by atoms with E-state index in [0.717, 1.165) is 35.6 Å². The maximum atomic E-state index is 15.3. The predicted octanol–water partition coefficient (Wildman–Crippen LogP) is 6.57. The van der Waals surface area contributed by atoms with Gasteiger partial charge < -0.3 is 29.2 Å². The van der Waals surface area contributed by atoms with Crippen LogP contribution >= 0.6 is 0 Å². The number of carbonyl (C=O) groups excluding carboxylic acids is 1. The van der Waals surface area contributed by atoms with E-state index in [1.54, 1.807) is 25.1 Å². The smallest absolute Gasteiger partial charge is 0.418 e. The summed E-state index contributed by atoms with van der Waals surface area (Å²) in [7, 11) is 4.23. The van der Waals surface area contributed by atoms with Gasteiger partial charge in [-0.15, -0.1) is 0 Å². The zero-order chi connectivity index (χ0) is 32.0. The monoisotopic (exact) mass is 613 g/mol. The first-order chi connectivity index (χ1) is 21.0. The normalized spacial score (nSPS) is 11.6. The van der Waals surface area contributed by atoms with Crippen LogP contribution in [0.15, 0.2) is 73.0 Å². The fourth-order valence-corrected chi connectivity index (χ4v) is 4.11. The molecule has 0 unspecified atom stereocenters. The van der Waals surface area contributed by atoms with Crippen molar-refractivity contribution in [1.82, 2.24) is 9.97 Å². The van der Waals surface area contributed by atoms with E-state index in [0.29, 0.717) is 28.2 Å². The molecule has 2 aromatic carbocycles. The summed E-state index contributed by atoms with van der Waals surface area (Å²) in [5.74, 6) is -0.802. The molecule has 0 bridgehead atoms. The van der Waals surface area contributed by atoms with E-state index >= 15 is 4.39 Å². The minimum Gasteiger partial charge on any atom is -0.493 e. The first kappa shape index (κ1) is 31.5. The molecule has 4 aromatic rings. The van der Waals surface area contributed by atoms with Crippen LogP contribution in [-0.2, 0) is 15.7 Å². The summed E-state index contributed by atoms with van der Waals surface area (Å²) in [6.45, 7) is 1.56. The lowest BCUT2D eigenvalue weighted by atomic mass is 10.1. The molecule has 0 aliphatic heterocycles. The lowest BCUT2D eigenvalue weighted by Gasteiger charge is -2.20. The Morgan fingerprint density at radius 2 is 1.77 bits per heavy atom. The van der Waals surface area contributed by atoms with Crippen molar-refractivity contribution < 1.29 is 41.3 Å². The second-order valence-electron chi connectivity index (χ2n) is 8.99. The Morgan fingerprint density at radius 3 is 2.43 bits per heavy atom. The maximum absolute atomic E-state index is 15.3. The number of rotatable bonds is 11. The van der Waals surface area contributed by atoms with Gasteiger partial charge in [0.2, 0.25) is 0 Å². The van der Waals surface area contributed by atoms with Gasteiger partial charge in [0, 0.05) is 43.2 Å². The van der Waals surface area contributed by atoms with Crippen molar-refractivity contribution in [3.05, 3.63) is 84.4 Å². The van der Waals surface area contributed by atoms with Crippen LogP contribution in [0.25, 0.3) is 10.9 Å². The van der Waals surface area contributed by atoms with Crippen LogP contribution in [0.2, 0.25) is 0 Å². The molecule has 0 aliphatic rings. The topological polar surface area (TPSA) is 119 Å². The summed E-state index contributed by atoms with van der Waals surface area (Å²) >= 11 is 0. The van der Waals surface area contributed by atoms with Crippen molar-refractivity contribution >= 4 is 33.9 Å². The minimum atomic E-state index is -4.67. The molecular formula is C30H27F4N5O5. The van der Waals surface area contributed by atoms with Gasteiger partial charge >= 0.3 is 6.18 Å². The Balaban J connectivity index is 1.55. The van der Waals surface area contributed by atoms with E-state index in [1.807, 2.05) is 0 Å². The second-order valence-corrected chi connectivity index (χ2v) is 8.99. The molecule has 0 saturated carbocycles. The molecule has 0 spiro atoms. The molecule has 4 rings (SSSR count). The third-order valence-corrected chi connectivity index (χ3v) is 6.27. The van der Waals surface area contributed by atoms with E-state index in [1.165, 1.54) is 39.6 Å². The number of hydrogen-bond acceptors (Lipinski definition) is 9. The molecule has 0 radical (unpaired) electrons. The van der Waals surface area contributed by atoms with Crippen molar-refractivity contribution in [3.8, 4) is 23.0 Å². The second kappa shape index (κ2) is 13.3. The fourth-order valence-electron chi connectivity index (χ4n) is 4.11. The number of halogens is 4. The molecule has 0 atom stereocenters. The number of anilines is 2. The average Bonchev–Trinajstić information content (AvgIpc) is 3.01. The average molecular weight is 614 g/mol. The third kappa shape index (κ3) is 6.80. The van der Waals surface area contributed by atoms with Gasteiger partial charge in [0.15, 0.2) is 28.8 Å². The van der Waals surface area contributed by atoms with Crippen molar-refractivity contribution in [2.45, 2.75) is 13.1 Å². The van der Waals surface area contributed by atoms with E-state index in [2.05, 4.69) is 15.3 Å². The number of amides is 1. The molecule has 0 fully saturated rings. The fraction of sp³-hybridized carbons (Fsp3) is 0.200. The van der Waals surface area contributed by atoms with Crippen molar-refractivity contribution in [3.63, 3.8) is 0 Å². The highest BCUT2D eigenvalue weighted by Gasteiger charge is 2.33. The van der Waals surface area contributed by atoms with Gasteiger partial charge in [-0.3, -0.25) is 20.2 Å². The summed E-state index contributed by atoms with van der Waals surface area (Å²) in [5.41, 5.74) is -1.78. The molecule has 2 aromatic heterocycles. The first-order valence-corrected chi connectivity index (χ1v) is 12.9. The van der Waals surface area contributed by atoms with Crippen molar-refractivity contribution in [2.24, 2.45) is 0 Å². The molecule has 10 nitrogen and oxygen atoms in total. The molecule has 2 heterocycles. The Hall–Kier alpha value is -5.40. The van der Waals surface area contributed by atoms with Crippen LogP contribution in [0, 0.1) is 11.2 Å². The standard InChI is InChI=1S/C30H27F4N5O5/c1-5-43-27(16-38-22-15-36-10-8-19(22)30(32,33)34)28(35)29(40)39(2)23-7-6-17(12-20(23)31)44-24-9-11-37-21-14-26(42-4)25(41-3)13-18(21)24/h6-16,35,38H,5H2,1-4H3/b27-16+,35-28?. The molecule has 14 heteroatoms. The number of methoxy groups -OCH3 is 2. The number of hydrogen-bond donors (Lipinski definition) is 2. The van der Waals surface area contributed by atoms with Gasteiger partial charge in [-0.25, -0.2) is 4.39 Å². The number of pyridine rings is 2. The van der Waals surface area contributed by atoms with E-state index < -0.39 is 34.9 Å². The van der Waals surface area contributed by atoms with Gasteiger partial charge in [0.25, 0.3) is 5.91 Å². The lowest BCUT2D eigenvalue weighted by Crippen LogP contribution is -2.35. The third-order valence-electron chi connectivity index (χ3n) is 6.27. The number of ether oxygens (including phenoxy) is 4. The van der Waals surface area contributed by atoms with E-state index in [4.69, 9.17) is 24.4 Å². The molecule has 230 valence electrons. The van der Waals surface area contributed by atoms with E-state index in [-0.39, 0.29) is 23.8 Å². The Kier molecular flexibility index (Phi) is 9.51. The number of alkyl halides is 3. The first-order valence-electron chi connectivity index (χ1n) is 12.9. The van der Waals surface area contributed by atoms with Gasteiger partial charge in [-0.2, -0.15) is 13.2 Å². The van der Waals surface area contributed by atoms with E-state index in [9.17, 15) is 18.0 Å².